The average Bonchev–Trinajstić information content (AvgIpc) is 3.66. The smallest absolute Gasteiger partial charge is 0.192 e. The number of ether oxygens (including phenoxy) is 4. The van der Waals surface area contributed by atoms with Gasteiger partial charge in [0, 0.05) is 0 Å². The number of aliphatic hydroxyl groups is 1. The summed E-state index contributed by atoms with van der Waals surface area (Å²) >= 11 is 6.37. The number of aliphatic hydroxyl groups excluding tert-OH is 1. The molecular formula is C37H43ClN4O6Si. The van der Waals surface area contributed by atoms with Crippen LogP contribution in [-0.2, 0) is 19.5 Å². The van der Waals surface area contributed by atoms with Crippen LogP contribution in [0, 0.1) is 0 Å². The first-order valence-corrected chi connectivity index (χ1v) is 19.5. The fourth-order valence-electron chi connectivity index (χ4n) is 6.01. The van der Waals surface area contributed by atoms with Gasteiger partial charge < -0.3 is 28.5 Å². The standard InChI is InChI=1S/C37H43ClN4O6Si/c1-36(2,3)49(6,7)48-32-31(43)29(47-35(32)42-23-41-30-33(38)39-22-40-34(30)42)21-46-37(24-11-9-8-10-12-24,25-13-17-27(44-4)18-14-25)26-15-19-28(45-5)20-16-26/h8-20,22-23,29,31-32,35,43H,21H2,1-7H3/t29-,31-,32-,35-/m1/s1. The first-order chi connectivity index (χ1) is 23.4. The fraction of sp³-hybridized carbons (Fsp3) is 0.378. The SMILES string of the molecule is COc1ccc(C(OC[C@H]2O[C@@H](n3cnc4c(Cl)ncnc43)[C@H](O[Si](C)(C)C(C)(C)C)[C@@H]2O)(c2ccccc2)c2ccc(OC)cc2)cc1. The summed E-state index contributed by atoms with van der Waals surface area (Å²) in [7, 11) is 0.872. The van der Waals surface area contributed by atoms with Crippen molar-refractivity contribution in [1.82, 2.24) is 19.5 Å². The van der Waals surface area contributed by atoms with Crippen LogP contribution in [0.4, 0.5) is 0 Å². The van der Waals surface area contributed by atoms with Crippen molar-refractivity contribution in [2.75, 3.05) is 20.8 Å². The molecule has 1 N–H and O–H groups in total. The molecular weight excluding hydrogens is 660 g/mol. The van der Waals surface area contributed by atoms with E-state index in [2.05, 4.69) is 48.8 Å². The predicted molar refractivity (Wildman–Crippen MR) is 191 cm³/mol. The molecule has 0 bridgehead atoms. The Kier molecular flexibility index (Phi) is 9.87. The van der Waals surface area contributed by atoms with E-state index in [1.54, 1.807) is 25.1 Å². The van der Waals surface area contributed by atoms with Crippen molar-refractivity contribution in [2.24, 2.45) is 0 Å². The van der Waals surface area contributed by atoms with Crippen LogP contribution in [0.3, 0.4) is 0 Å². The molecule has 258 valence electrons. The highest BCUT2D eigenvalue weighted by Crippen LogP contribution is 2.45. The number of fused-ring (bicyclic) bond motifs is 1. The van der Waals surface area contributed by atoms with Gasteiger partial charge in [-0.3, -0.25) is 4.57 Å². The third-order valence-electron chi connectivity index (χ3n) is 9.78. The summed E-state index contributed by atoms with van der Waals surface area (Å²) in [6.07, 6.45) is -0.341. The van der Waals surface area contributed by atoms with Gasteiger partial charge in [-0.2, -0.15) is 0 Å². The third-order valence-corrected chi connectivity index (χ3v) is 14.5. The summed E-state index contributed by atoms with van der Waals surface area (Å²) in [5, 5.41) is 12.2. The zero-order chi connectivity index (χ0) is 35.0. The van der Waals surface area contributed by atoms with Crippen LogP contribution < -0.4 is 9.47 Å². The number of hydrogen-bond acceptors (Lipinski definition) is 9. The molecule has 5 aromatic rings. The van der Waals surface area contributed by atoms with Gasteiger partial charge in [0.2, 0.25) is 0 Å². The Labute approximate surface area is 293 Å². The molecule has 1 fully saturated rings. The van der Waals surface area contributed by atoms with E-state index in [4.69, 9.17) is 35.0 Å². The molecule has 0 unspecified atom stereocenters. The van der Waals surface area contributed by atoms with Crippen LogP contribution >= 0.6 is 11.6 Å². The van der Waals surface area contributed by atoms with Gasteiger partial charge in [-0.05, 0) is 59.1 Å². The Morgan fingerprint density at radius 3 is 1.96 bits per heavy atom. The van der Waals surface area contributed by atoms with E-state index in [0.717, 1.165) is 28.2 Å². The molecule has 0 radical (unpaired) electrons. The highest BCUT2D eigenvalue weighted by molar-refractivity contribution is 6.74. The zero-order valence-corrected chi connectivity index (χ0v) is 30.6. The minimum atomic E-state index is -2.41. The molecule has 3 heterocycles. The quantitative estimate of drug-likeness (QED) is 0.0872. The minimum absolute atomic E-state index is 0.0182. The highest BCUT2D eigenvalue weighted by atomic mass is 35.5. The Morgan fingerprint density at radius 1 is 0.837 bits per heavy atom. The molecule has 0 spiro atoms. The average molecular weight is 703 g/mol. The number of benzene rings is 3. The topological polar surface area (TPSA) is 110 Å². The van der Waals surface area contributed by atoms with E-state index in [0.29, 0.717) is 11.2 Å². The van der Waals surface area contributed by atoms with Crippen LogP contribution in [0.25, 0.3) is 11.2 Å². The Bertz CT molecular complexity index is 1820. The predicted octanol–water partition coefficient (Wildman–Crippen LogP) is 7.15. The lowest BCUT2D eigenvalue weighted by molar-refractivity contribution is -0.0940. The van der Waals surface area contributed by atoms with Crippen molar-refractivity contribution >= 4 is 31.1 Å². The number of aromatic nitrogens is 4. The maximum absolute atomic E-state index is 12.1. The molecule has 6 rings (SSSR count). The molecule has 3 aromatic carbocycles. The van der Waals surface area contributed by atoms with Crippen molar-refractivity contribution in [3.63, 3.8) is 0 Å². The van der Waals surface area contributed by atoms with Crippen molar-refractivity contribution in [3.05, 3.63) is 113 Å². The van der Waals surface area contributed by atoms with Crippen LogP contribution in [-0.4, -0.2) is 72.1 Å². The number of nitrogens with zero attached hydrogens (tertiary/aromatic N) is 4. The normalized spacial score (nSPS) is 20.1. The summed E-state index contributed by atoms with van der Waals surface area (Å²) in [4.78, 5) is 13.0. The largest absolute Gasteiger partial charge is 0.497 e. The summed E-state index contributed by atoms with van der Waals surface area (Å²) < 4.78 is 33.5. The molecule has 0 aliphatic carbocycles. The van der Waals surface area contributed by atoms with Crippen LogP contribution in [0.5, 0.6) is 11.5 Å². The van der Waals surface area contributed by atoms with E-state index in [-0.39, 0.29) is 16.8 Å². The second-order valence-corrected chi connectivity index (χ2v) is 18.8. The van der Waals surface area contributed by atoms with Gasteiger partial charge in [-0.25, -0.2) is 15.0 Å². The second kappa shape index (κ2) is 13.8. The number of imidazole rings is 1. The van der Waals surface area contributed by atoms with Gasteiger partial charge in [-0.1, -0.05) is 87.0 Å². The van der Waals surface area contributed by atoms with Crippen molar-refractivity contribution in [2.45, 2.75) is 69.0 Å². The first kappa shape index (κ1) is 35.0. The molecule has 2 aromatic heterocycles. The summed E-state index contributed by atoms with van der Waals surface area (Å²) in [6.45, 7) is 10.8. The number of methoxy groups -OCH3 is 2. The summed E-state index contributed by atoms with van der Waals surface area (Å²) in [6, 6.07) is 25.6. The van der Waals surface area contributed by atoms with Crippen molar-refractivity contribution in [1.29, 1.82) is 0 Å². The number of halogens is 1. The zero-order valence-electron chi connectivity index (χ0n) is 28.8. The molecule has 1 aliphatic rings. The number of rotatable bonds is 11. The van der Waals surface area contributed by atoms with E-state index in [1.807, 2.05) is 78.9 Å². The van der Waals surface area contributed by atoms with Crippen LogP contribution in [0.1, 0.15) is 43.7 Å². The second-order valence-electron chi connectivity index (χ2n) is 13.7. The Hall–Kier alpha value is -3.84. The van der Waals surface area contributed by atoms with E-state index in [1.165, 1.54) is 6.33 Å². The Balaban J connectivity index is 1.43. The lowest BCUT2D eigenvalue weighted by Gasteiger charge is -2.40. The van der Waals surface area contributed by atoms with Crippen LogP contribution in [0.15, 0.2) is 91.5 Å². The molecule has 12 heteroatoms. The Morgan fingerprint density at radius 2 is 1.41 bits per heavy atom. The van der Waals surface area contributed by atoms with Gasteiger partial charge in [-0.15, -0.1) is 0 Å². The van der Waals surface area contributed by atoms with Gasteiger partial charge in [0.05, 0.1) is 27.2 Å². The molecule has 1 aliphatic heterocycles. The van der Waals surface area contributed by atoms with Gasteiger partial charge in [0.25, 0.3) is 0 Å². The molecule has 49 heavy (non-hydrogen) atoms. The van der Waals surface area contributed by atoms with Gasteiger partial charge in [0.1, 0.15) is 47.3 Å². The fourth-order valence-corrected chi connectivity index (χ4v) is 7.48. The lowest BCUT2D eigenvalue weighted by atomic mass is 9.80. The molecule has 0 saturated carbocycles. The summed E-state index contributed by atoms with van der Waals surface area (Å²) in [5.74, 6) is 1.44. The highest BCUT2D eigenvalue weighted by Gasteiger charge is 2.52. The van der Waals surface area contributed by atoms with E-state index in [9.17, 15) is 5.11 Å². The van der Waals surface area contributed by atoms with Gasteiger partial charge >= 0.3 is 0 Å². The maximum Gasteiger partial charge on any atom is 0.192 e. The molecule has 0 amide bonds. The molecule has 1 saturated heterocycles. The van der Waals surface area contributed by atoms with E-state index < -0.39 is 38.5 Å². The van der Waals surface area contributed by atoms with Gasteiger partial charge in [0.15, 0.2) is 25.3 Å². The monoisotopic (exact) mass is 702 g/mol. The minimum Gasteiger partial charge on any atom is -0.497 e. The molecule has 10 nitrogen and oxygen atoms in total. The van der Waals surface area contributed by atoms with E-state index >= 15 is 0 Å². The van der Waals surface area contributed by atoms with Crippen molar-refractivity contribution < 1.29 is 28.5 Å². The third kappa shape index (κ3) is 6.59. The summed E-state index contributed by atoms with van der Waals surface area (Å²) in [5.41, 5.74) is 2.46. The number of hydrogen-bond donors (Lipinski definition) is 1. The van der Waals surface area contributed by atoms with Crippen LogP contribution in [0.2, 0.25) is 23.3 Å². The first-order valence-electron chi connectivity index (χ1n) is 16.2. The lowest BCUT2D eigenvalue weighted by Crippen LogP contribution is -2.49. The molecule has 4 atom stereocenters. The van der Waals surface area contributed by atoms with Crippen molar-refractivity contribution in [3.8, 4) is 11.5 Å². The maximum atomic E-state index is 12.1.